The van der Waals surface area contributed by atoms with Crippen molar-refractivity contribution in [1.29, 1.82) is 0 Å². The van der Waals surface area contributed by atoms with E-state index in [1.54, 1.807) is 36.4 Å². The van der Waals surface area contributed by atoms with E-state index < -0.39 is 10.0 Å². The minimum Gasteiger partial charge on any atom is -0.497 e. The molecule has 1 amide bonds. The Labute approximate surface area is 160 Å². The van der Waals surface area contributed by atoms with E-state index in [4.69, 9.17) is 4.74 Å². The third-order valence-electron chi connectivity index (χ3n) is 4.82. The van der Waals surface area contributed by atoms with Gasteiger partial charge in [-0.1, -0.05) is 6.07 Å². The molecule has 0 spiro atoms. The summed E-state index contributed by atoms with van der Waals surface area (Å²) in [6, 6.07) is 13.0. The number of anilines is 1. The van der Waals surface area contributed by atoms with E-state index in [-0.39, 0.29) is 10.8 Å². The molecule has 2 aromatic rings. The van der Waals surface area contributed by atoms with Crippen LogP contribution >= 0.6 is 0 Å². The first-order valence-corrected chi connectivity index (χ1v) is 10.4. The summed E-state index contributed by atoms with van der Waals surface area (Å²) in [5.41, 5.74) is 0.958. The molecule has 0 atom stereocenters. The number of amides is 1. The Hall–Kier alpha value is -2.54. The summed E-state index contributed by atoms with van der Waals surface area (Å²) in [6.45, 7) is 1.51. The molecule has 1 fully saturated rings. The predicted octanol–water partition coefficient (Wildman–Crippen LogP) is 3.15. The van der Waals surface area contributed by atoms with Crippen LogP contribution in [0.3, 0.4) is 0 Å². The van der Waals surface area contributed by atoms with Crippen molar-refractivity contribution in [2.75, 3.05) is 31.6 Å². The Bertz CT molecular complexity index is 904. The zero-order valence-electron chi connectivity index (χ0n) is 15.6. The molecule has 0 N–H and O–H groups in total. The first-order valence-electron chi connectivity index (χ1n) is 8.96. The maximum absolute atomic E-state index is 12.9. The van der Waals surface area contributed by atoms with Gasteiger partial charge in [-0.25, -0.2) is 8.42 Å². The van der Waals surface area contributed by atoms with E-state index in [2.05, 4.69) is 0 Å². The molecule has 7 heteroatoms. The fourth-order valence-corrected chi connectivity index (χ4v) is 4.35. The fourth-order valence-electron chi connectivity index (χ4n) is 3.16. The number of sulfonamides is 1. The molecule has 0 aromatic heterocycles. The monoisotopic (exact) mass is 388 g/mol. The van der Waals surface area contributed by atoms with Gasteiger partial charge < -0.3 is 9.64 Å². The summed E-state index contributed by atoms with van der Waals surface area (Å²) in [5.74, 6) is 0.539. The minimum absolute atomic E-state index is 0.0493. The smallest absolute Gasteiger partial charge is 0.264 e. The van der Waals surface area contributed by atoms with E-state index in [9.17, 15) is 13.2 Å². The summed E-state index contributed by atoms with van der Waals surface area (Å²) < 4.78 is 32.1. The zero-order valence-corrected chi connectivity index (χ0v) is 16.4. The quantitative estimate of drug-likeness (QED) is 0.789. The standard InChI is InChI=1S/C20H24N2O4S/c1-21(27(24,25)19-11-9-18(26-2)10-12-19)17-8-6-7-16(15-17)20(23)22-13-4-3-5-14-22/h6-12,15H,3-5,13-14H2,1-2H3. The van der Waals surface area contributed by atoms with Crippen molar-refractivity contribution in [3.05, 3.63) is 54.1 Å². The van der Waals surface area contributed by atoms with Crippen LogP contribution in [0.4, 0.5) is 5.69 Å². The van der Waals surface area contributed by atoms with Crippen molar-refractivity contribution in [2.24, 2.45) is 0 Å². The summed E-state index contributed by atoms with van der Waals surface area (Å²) in [6.07, 6.45) is 3.17. The van der Waals surface area contributed by atoms with Crippen molar-refractivity contribution in [1.82, 2.24) is 4.90 Å². The molecule has 27 heavy (non-hydrogen) atoms. The third-order valence-corrected chi connectivity index (χ3v) is 6.62. The van der Waals surface area contributed by atoms with Gasteiger partial charge in [0.15, 0.2) is 0 Å². The molecule has 1 aliphatic heterocycles. The second-order valence-electron chi connectivity index (χ2n) is 6.55. The normalized spacial score (nSPS) is 14.7. The Morgan fingerprint density at radius 1 is 1.04 bits per heavy atom. The van der Waals surface area contributed by atoms with E-state index in [0.29, 0.717) is 17.0 Å². The Kier molecular flexibility index (Phi) is 5.70. The fraction of sp³-hybridized carbons (Fsp3) is 0.350. The van der Waals surface area contributed by atoms with Gasteiger partial charge in [0.1, 0.15) is 5.75 Å². The molecule has 1 heterocycles. The lowest BCUT2D eigenvalue weighted by Gasteiger charge is -2.27. The summed E-state index contributed by atoms with van der Waals surface area (Å²) in [4.78, 5) is 14.7. The highest BCUT2D eigenvalue weighted by atomic mass is 32.2. The van der Waals surface area contributed by atoms with Crippen LogP contribution in [0, 0.1) is 0 Å². The maximum Gasteiger partial charge on any atom is 0.264 e. The number of hydrogen-bond acceptors (Lipinski definition) is 4. The van der Waals surface area contributed by atoms with Crippen LogP contribution in [0.15, 0.2) is 53.4 Å². The van der Waals surface area contributed by atoms with Gasteiger partial charge in [0, 0.05) is 25.7 Å². The van der Waals surface area contributed by atoms with Crippen LogP contribution in [0.2, 0.25) is 0 Å². The molecule has 144 valence electrons. The lowest BCUT2D eigenvalue weighted by atomic mass is 10.1. The van der Waals surface area contributed by atoms with Gasteiger partial charge >= 0.3 is 0 Å². The van der Waals surface area contributed by atoms with Crippen LogP contribution in [0.5, 0.6) is 5.75 Å². The molecular weight excluding hydrogens is 364 g/mol. The van der Waals surface area contributed by atoms with Gasteiger partial charge in [-0.3, -0.25) is 9.10 Å². The summed E-state index contributed by atoms with van der Waals surface area (Å²) in [7, 11) is -0.713. The molecule has 0 saturated carbocycles. The number of carbonyl (C=O) groups is 1. The summed E-state index contributed by atoms with van der Waals surface area (Å²) >= 11 is 0. The number of methoxy groups -OCH3 is 1. The topological polar surface area (TPSA) is 66.9 Å². The van der Waals surface area contributed by atoms with Crippen LogP contribution < -0.4 is 9.04 Å². The van der Waals surface area contributed by atoms with Gasteiger partial charge in [0.2, 0.25) is 0 Å². The lowest BCUT2D eigenvalue weighted by molar-refractivity contribution is 0.0724. The molecule has 3 rings (SSSR count). The number of piperidine rings is 1. The van der Waals surface area contributed by atoms with E-state index in [1.165, 1.54) is 30.6 Å². The van der Waals surface area contributed by atoms with Gasteiger partial charge in [-0.2, -0.15) is 0 Å². The number of likely N-dealkylation sites (tertiary alicyclic amines) is 1. The number of carbonyl (C=O) groups excluding carboxylic acids is 1. The van der Waals surface area contributed by atoms with Gasteiger partial charge in [0.05, 0.1) is 17.7 Å². The largest absolute Gasteiger partial charge is 0.497 e. The molecular formula is C20H24N2O4S. The highest BCUT2D eigenvalue weighted by molar-refractivity contribution is 7.92. The van der Waals surface area contributed by atoms with Crippen molar-refractivity contribution < 1.29 is 17.9 Å². The molecule has 0 radical (unpaired) electrons. The lowest BCUT2D eigenvalue weighted by Crippen LogP contribution is -2.35. The highest BCUT2D eigenvalue weighted by Crippen LogP contribution is 2.25. The number of hydrogen-bond donors (Lipinski definition) is 0. The molecule has 0 bridgehead atoms. The molecule has 0 unspecified atom stereocenters. The molecule has 1 saturated heterocycles. The van der Waals surface area contributed by atoms with Crippen LogP contribution in [-0.2, 0) is 10.0 Å². The minimum atomic E-state index is -3.73. The van der Waals surface area contributed by atoms with Crippen LogP contribution in [0.25, 0.3) is 0 Å². The van der Waals surface area contributed by atoms with E-state index >= 15 is 0 Å². The van der Waals surface area contributed by atoms with E-state index in [0.717, 1.165) is 32.4 Å². The SMILES string of the molecule is COc1ccc(S(=O)(=O)N(C)c2cccc(C(=O)N3CCCCC3)c2)cc1. The molecule has 1 aliphatic rings. The summed E-state index contributed by atoms with van der Waals surface area (Å²) in [5, 5.41) is 0. The van der Waals surface area contributed by atoms with E-state index in [1.807, 2.05) is 4.90 Å². The molecule has 2 aromatic carbocycles. The maximum atomic E-state index is 12.9. The zero-order chi connectivity index (χ0) is 19.4. The highest BCUT2D eigenvalue weighted by Gasteiger charge is 2.23. The number of nitrogens with zero attached hydrogens (tertiary/aromatic N) is 2. The molecule has 0 aliphatic carbocycles. The Balaban J connectivity index is 1.85. The number of ether oxygens (including phenoxy) is 1. The number of rotatable bonds is 5. The predicted molar refractivity (Wildman–Crippen MR) is 105 cm³/mol. The third kappa shape index (κ3) is 4.08. The Morgan fingerprint density at radius 2 is 1.70 bits per heavy atom. The van der Waals surface area contributed by atoms with Crippen molar-refractivity contribution in [3.8, 4) is 5.75 Å². The Morgan fingerprint density at radius 3 is 2.33 bits per heavy atom. The second-order valence-corrected chi connectivity index (χ2v) is 8.52. The second kappa shape index (κ2) is 8.00. The van der Waals surface area contributed by atoms with Crippen LogP contribution in [0.1, 0.15) is 29.6 Å². The van der Waals surface area contributed by atoms with Crippen molar-refractivity contribution >= 4 is 21.6 Å². The average molecular weight is 388 g/mol. The molecule has 6 nitrogen and oxygen atoms in total. The first-order chi connectivity index (χ1) is 12.9. The van der Waals surface area contributed by atoms with Gasteiger partial charge in [-0.05, 0) is 61.7 Å². The van der Waals surface area contributed by atoms with Gasteiger partial charge in [-0.15, -0.1) is 0 Å². The number of benzene rings is 2. The van der Waals surface area contributed by atoms with Gasteiger partial charge in [0.25, 0.3) is 15.9 Å². The van der Waals surface area contributed by atoms with Crippen molar-refractivity contribution in [2.45, 2.75) is 24.2 Å². The first kappa shape index (κ1) is 19.2. The van der Waals surface area contributed by atoms with Crippen molar-refractivity contribution in [3.63, 3.8) is 0 Å². The average Bonchev–Trinajstić information content (AvgIpc) is 2.73. The van der Waals surface area contributed by atoms with Crippen LogP contribution in [-0.4, -0.2) is 46.5 Å².